The second-order valence-electron chi connectivity index (χ2n) is 5.50. The number of amides is 1. The Hall–Kier alpha value is -1.26. The summed E-state index contributed by atoms with van der Waals surface area (Å²) in [5.41, 5.74) is 7.82. The van der Waals surface area contributed by atoms with Crippen molar-refractivity contribution in [2.24, 2.45) is 11.7 Å². The van der Waals surface area contributed by atoms with Crippen LogP contribution < -0.4 is 15.8 Å². The molecule has 2 rings (SSSR count). The van der Waals surface area contributed by atoms with E-state index in [1.165, 1.54) is 0 Å². The van der Waals surface area contributed by atoms with Gasteiger partial charge in [0.2, 0.25) is 5.91 Å². The summed E-state index contributed by atoms with van der Waals surface area (Å²) >= 11 is 0. The number of nitrogens with two attached hydrogens (primary N) is 1. The minimum Gasteiger partial charge on any atom is -0.493 e. The Bertz CT molecular complexity index is 463. The summed E-state index contributed by atoms with van der Waals surface area (Å²) in [4.78, 5) is 11.9. The molecule has 1 aromatic rings. The lowest BCUT2D eigenvalue weighted by molar-refractivity contribution is -0.117. The summed E-state index contributed by atoms with van der Waals surface area (Å²) in [5, 5.41) is 2.88. The minimum atomic E-state index is -0.452. The summed E-state index contributed by atoms with van der Waals surface area (Å²) in [6.07, 6.45) is 2.72. The molecule has 3 N–H and O–H groups in total. The number of hydrogen-bond acceptors (Lipinski definition) is 3. The zero-order chi connectivity index (χ0) is 13.8. The van der Waals surface area contributed by atoms with Crippen molar-refractivity contribution in [3.05, 3.63) is 23.8 Å². The van der Waals surface area contributed by atoms with E-state index in [1.54, 1.807) is 0 Å². The molecule has 0 spiro atoms. The van der Waals surface area contributed by atoms with Crippen molar-refractivity contribution >= 4 is 24.0 Å². The van der Waals surface area contributed by atoms with Gasteiger partial charge in [-0.15, -0.1) is 12.4 Å². The smallest absolute Gasteiger partial charge is 0.241 e. The van der Waals surface area contributed by atoms with E-state index >= 15 is 0 Å². The lowest BCUT2D eigenvalue weighted by Gasteiger charge is -2.19. The topological polar surface area (TPSA) is 64.4 Å². The molecule has 20 heavy (non-hydrogen) atoms. The molecule has 1 amide bonds. The Morgan fingerprint density at radius 1 is 1.45 bits per heavy atom. The predicted molar refractivity (Wildman–Crippen MR) is 83.6 cm³/mol. The Kier molecular flexibility index (Phi) is 6.30. The van der Waals surface area contributed by atoms with Crippen LogP contribution in [0.3, 0.4) is 0 Å². The fourth-order valence-corrected chi connectivity index (χ4v) is 2.29. The fourth-order valence-electron chi connectivity index (χ4n) is 2.29. The molecule has 0 unspecified atom stereocenters. The van der Waals surface area contributed by atoms with Crippen molar-refractivity contribution in [3.63, 3.8) is 0 Å². The van der Waals surface area contributed by atoms with Crippen LogP contribution >= 0.6 is 12.4 Å². The third-order valence-corrected chi connectivity index (χ3v) is 3.24. The van der Waals surface area contributed by atoms with Gasteiger partial charge in [0.15, 0.2) is 0 Å². The Morgan fingerprint density at radius 3 is 2.90 bits per heavy atom. The molecule has 0 saturated carbocycles. The SMILES string of the molecule is CC(C)C[C@H](N)C(=O)Nc1ccc2c(c1)CCCO2.Cl. The molecule has 0 aliphatic carbocycles. The van der Waals surface area contributed by atoms with Gasteiger partial charge < -0.3 is 15.8 Å². The van der Waals surface area contributed by atoms with Gasteiger partial charge in [0.05, 0.1) is 12.6 Å². The lowest BCUT2D eigenvalue weighted by atomic mass is 10.0. The van der Waals surface area contributed by atoms with E-state index in [4.69, 9.17) is 10.5 Å². The third-order valence-electron chi connectivity index (χ3n) is 3.24. The number of fused-ring (bicyclic) bond motifs is 1. The molecule has 1 aromatic carbocycles. The zero-order valence-electron chi connectivity index (χ0n) is 12.0. The Balaban J connectivity index is 0.00000200. The summed E-state index contributed by atoms with van der Waals surface area (Å²) in [6, 6.07) is 5.31. The number of carbonyl (C=O) groups is 1. The molecule has 1 aliphatic heterocycles. The fraction of sp³-hybridized carbons (Fsp3) is 0.533. The number of ether oxygens (including phenoxy) is 1. The van der Waals surface area contributed by atoms with Gasteiger partial charge >= 0.3 is 0 Å². The van der Waals surface area contributed by atoms with E-state index < -0.39 is 6.04 Å². The Morgan fingerprint density at radius 2 is 2.20 bits per heavy atom. The van der Waals surface area contributed by atoms with E-state index in [1.807, 2.05) is 18.2 Å². The van der Waals surface area contributed by atoms with Crippen LogP contribution in [0.2, 0.25) is 0 Å². The normalized spacial score (nSPS) is 14.8. The number of halogens is 1. The van der Waals surface area contributed by atoms with Crippen molar-refractivity contribution in [1.29, 1.82) is 0 Å². The number of aryl methyl sites for hydroxylation is 1. The van der Waals surface area contributed by atoms with Crippen molar-refractivity contribution in [2.45, 2.75) is 39.2 Å². The van der Waals surface area contributed by atoms with E-state index in [0.29, 0.717) is 12.3 Å². The molecule has 1 atom stereocenters. The maximum atomic E-state index is 11.9. The van der Waals surface area contributed by atoms with Gasteiger partial charge in [-0.25, -0.2) is 0 Å². The average Bonchev–Trinajstić information content (AvgIpc) is 2.37. The Labute approximate surface area is 126 Å². The van der Waals surface area contributed by atoms with Gasteiger partial charge in [-0.3, -0.25) is 4.79 Å². The van der Waals surface area contributed by atoms with Crippen LogP contribution in [0.4, 0.5) is 5.69 Å². The van der Waals surface area contributed by atoms with Gasteiger partial charge in [-0.05, 0) is 48.9 Å². The van der Waals surface area contributed by atoms with Crippen molar-refractivity contribution in [2.75, 3.05) is 11.9 Å². The third kappa shape index (κ3) is 4.39. The second-order valence-corrected chi connectivity index (χ2v) is 5.50. The maximum absolute atomic E-state index is 11.9. The zero-order valence-corrected chi connectivity index (χ0v) is 12.8. The molecule has 1 heterocycles. The first kappa shape index (κ1) is 16.8. The molecule has 1 aliphatic rings. The number of rotatable bonds is 4. The van der Waals surface area contributed by atoms with Crippen molar-refractivity contribution in [1.82, 2.24) is 0 Å². The molecular formula is C15H23ClN2O2. The molecule has 5 heteroatoms. The molecule has 0 radical (unpaired) electrons. The monoisotopic (exact) mass is 298 g/mol. The molecule has 0 fully saturated rings. The van der Waals surface area contributed by atoms with Gasteiger partial charge in [-0.1, -0.05) is 13.8 Å². The summed E-state index contributed by atoms with van der Waals surface area (Å²) in [6.45, 7) is 4.89. The van der Waals surface area contributed by atoms with Crippen molar-refractivity contribution in [3.8, 4) is 5.75 Å². The first-order valence-electron chi connectivity index (χ1n) is 6.88. The molecule has 4 nitrogen and oxygen atoms in total. The molecular weight excluding hydrogens is 276 g/mol. The number of hydrogen-bond donors (Lipinski definition) is 2. The van der Waals surface area contributed by atoms with E-state index in [2.05, 4.69) is 19.2 Å². The van der Waals surface area contributed by atoms with Gasteiger partial charge in [0, 0.05) is 5.69 Å². The number of benzene rings is 1. The number of carbonyl (C=O) groups excluding carboxylic acids is 1. The van der Waals surface area contributed by atoms with Gasteiger partial charge in [-0.2, -0.15) is 0 Å². The standard InChI is InChI=1S/C15H22N2O2.ClH/c1-10(2)8-13(16)15(18)17-12-5-6-14-11(9-12)4-3-7-19-14;/h5-6,9-10,13H,3-4,7-8,16H2,1-2H3,(H,17,18);1H/t13-;/m0./s1. The molecule has 0 bridgehead atoms. The number of anilines is 1. The summed E-state index contributed by atoms with van der Waals surface area (Å²) in [7, 11) is 0. The van der Waals surface area contributed by atoms with Crippen LogP contribution in [-0.4, -0.2) is 18.6 Å². The van der Waals surface area contributed by atoms with Crippen LogP contribution in [0.25, 0.3) is 0 Å². The minimum absolute atomic E-state index is 0. The van der Waals surface area contributed by atoms with Crippen LogP contribution in [0.1, 0.15) is 32.3 Å². The number of nitrogens with one attached hydrogen (secondary N) is 1. The van der Waals surface area contributed by atoms with Gasteiger partial charge in [0.1, 0.15) is 5.75 Å². The highest BCUT2D eigenvalue weighted by molar-refractivity contribution is 5.94. The molecule has 0 aromatic heterocycles. The van der Waals surface area contributed by atoms with Crippen LogP contribution in [0.5, 0.6) is 5.75 Å². The van der Waals surface area contributed by atoms with Crippen LogP contribution in [-0.2, 0) is 11.2 Å². The highest BCUT2D eigenvalue weighted by atomic mass is 35.5. The predicted octanol–water partition coefficient (Wildman–Crippen LogP) is 2.75. The second kappa shape index (κ2) is 7.50. The first-order valence-corrected chi connectivity index (χ1v) is 6.88. The van der Waals surface area contributed by atoms with Crippen LogP contribution in [0.15, 0.2) is 18.2 Å². The summed E-state index contributed by atoms with van der Waals surface area (Å²) in [5.74, 6) is 1.22. The largest absolute Gasteiger partial charge is 0.493 e. The van der Waals surface area contributed by atoms with E-state index in [9.17, 15) is 4.79 Å². The van der Waals surface area contributed by atoms with Gasteiger partial charge in [0.25, 0.3) is 0 Å². The first-order chi connectivity index (χ1) is 9.06. The van der Waals surface area contributed by atoms with Crippen molar-refractivity contribution < 1.29 is 9.53 Å². The average molecular weight is 299 g/mol. The van der Waals surface area contributed by atoms with E-state index in [-0.39, 0.29) is 18.3 Å². The molecule has 0 saturated heterocycles. The van der Waals surface area contributed by atoms with E-state index in [0.717, 1.165) is 36.4 Å². The quantitative estimate of drug-likeness (QED) is 0.898. The molecule has 112 valence electrons. The van der Waals surface area contributed by atoms with Crippen LogP contribution in [0, 0.1) is 5.92 Å². The highest BCUT2D eigenvalue weighted by Gasteiger charge is 2.16. The lowest BCUT2D eigenvalue weighted by Crippen LogP contribution is -2.36. The maximum Gasteiger partial charge on any atom is 0.241 e. The highest BCUT2D eigenvalue weighted by Crippen LogP contribution is 2.27. The summed E-state index contributed by atoms with van der Waals surface area (Å²) < 4.78 is 5.55.